The Bertz CT molecular complexity index is 871. The van der Waals surface area contributed by atoms with E-state index in [-0.39, 0.29) is 17.9 Å². The van der Waals surface area contributed by atoms with E-state index < -0.39 is 0 Å². The van der Waals surface area contributed by atoms with E-state index >= 15 is 0 Å². The number of fused-ring (bicyclic) bond motifs is 1. The molecule has 2 N–H and O–H groups in total. The molecular weight excluding hydrogens is 366 g/mol. The standard InChI is InChI=1S/C23H29N3O3/c1-2-19(17-6-4-3-5-7-17)25-22(27)18-14-20(26-12-13-29-15-21(18)26)23(28)24-11-10-16-8-9-16/h3-7,14,16,19H,2,8-13,15H2,1H3,(H,24,28)(H,25,27). The Hall–Kier alpha value is -2.60. The summed E-state index contributed by atoms with van der Waals surface area (Å²) < 4.78 is 7.52. The van der Waals surface area contributed by atoms with Gasteiger partial charge < -0.3 is 19.9 Å². The maximum absolute atomic E-state index is 13.1. The van der Waals surface area contributed by atoms with Crippen molar-refractivity contribution in [2.75, 3.05) is 13.2 Å². The van der Waals surface area contributed by atoms with Crippen molar-refractivity contribution in [3.05, 3.63) is 58.9 Å². The van der Waals surface area contributed by atoms with E-state index in [2.05, 4.69) is 17.6 Å². The zero-order valence-corrected chi connectivity index (χ0v) is 16.9. The zero-order chi connectivity index (χ0) is 20.2. The minimum absolute atomic E-state index is 0.0698. The van der Waals surface area contributed by atoms with Gasteiger partial charge >= 0.3 is 0 Å². The third-order valence-corrected chi connectivity index (χ3v) is 5.83. The molecule has 2 heterocycles. The van der Waals surface area contributed by atoms with Gasteiger partial charge in [0.05, 0.1) is 30.5 Å². The van der Waals surface area contributed by atoms with Crippen LogP contribution in [0, 0.1) is 5.92 Å². The first-order chi connectivity index (χ1) is 14.2. The number of aromatic nitrogens is 1. The highest BCUT2D eigenvalue weighted by molar-refractivity contribution is 6.00. The monoisotopic (exact) mass is 395 g/mol. The number of carbonyl (C=O) groups is 2. The Morgan fingerprint density at radius 3 is 2.72 bits per heavy atom. The minimum atomic E-state index is -0.160. The number of rotatable bonds is 8. The summed E-state index contributed by atoms with van der Waals surface area (Å²) in [5, 5.41) is 6.15. The van der Waals surface area contributed by atoms with Crippen LogP contribution in [0.1, 0.15) is 70.8 Å². The maximum Gasteiger partial charge on any atom is 0.267 e. The van der Waals surface area contributed by atoms with Crippen LogP contribution in [0.4, 0.5) is 0 Å². The van der Waals surface area contributed by atoms with Crippen molar-refractivity contribution in [1.29, 1.82) is 0 Å². The van der Waals surface area contributed by atoms with Gasteiger partial charge in [0.1, 0.15) is 5.69 Å². The molecule has 154 valence electrons. The molecule has 29 heavy (non-hydrogen) atoms. The van der Waals surface area contributed by atoms with Crippen LogP contribution in [0.15, 0.2) is 36.4 Å². The van der Waals surface area contributed by atoms with Crippen molar-refractivity contribution in [1.82, 2.24) is 15.2 Å². The van der Waals surface area contributed by atoms with Crippen molar-refractivity contribution in [2.45, 2.75) is 51.8 Å². The fourth-order valence-corrected chi connectivity index (χ4v) is 3.94. The molecule has 1 aliphatic carbocycles. The molecule has 0 bridgehead atoms. The predicted octanol–water partition coefficient (Wildman–Crippen LogP) is 3.43. The van der Waals surface area contributed by atoms with Crippen molar-refractivity contribution < 1.29 is 14.3 Å². The average Bonchev–Trinajstić information content (AvgIpc) is 3.50. The van der Waals surface area contributed by atoms with Crippen molar-refractivity contribution in [2.24, 2.45) is 5.92 Å². The van der Waals surface area contributed by atoms with Crippen LogP contribution in [0.5, 0.6) is 0 Å². The molecule has 2 aromatic rings. The van der Waals surface area contributed by atoms with Crippen LogP contribution >= 0.6 is 0 Å². The molecule has 6 nitrogen and oxygen atoms in total. The van der Waals surface area contributed by atoms with E-state index in [0.717, 1.165) is 30.0 Å². The highest BCUT2D eigenvalue weighted by atomic mass is 16.5. The fraction of sp³-hybridized carbons (Fsp3) is 0.478. The second-order valence-corrected chi connectivity index (χ2v) is 7.93. The van der Waals surface area contributed by atoms with Gasteiger partial charge in [-0.3, -0.25) is 9.59 Å². The number of carbonyl (C=O) groups excluding carboxylic acids is 2. The van der Waals surface area contributed by atoms with Gasteiger partial charge in [0.25, 0.3) is 11.8 Å². The lowest BCUT2D eigenvalue weighted by atomic mass is 10.0. The average molecular weight is 396 g/mol. The van der Waals surface area contributed by atoms with Crippen molar-refractivity contribution in [3.8, 4) is 0 Å². The van der Waals surface area contributed by atoms with Crippen LogP contribution in [0.25, 0.3) is 0 Å². The number of nitrogens with zero attached hydrogens (tertiary/aromatic N) is 1. The molecule has 0 saturated heterocycles. The van der Waals surface area contributed by atoms with Crippen LogP contribution < -0.4 is 10.6 Å². The Kier molecular flexibility index (Phi) is 6.00. The van der Waals surface area contributed by atoms with Gasteiger partial charge in [0, 0.05) is 13.1 Å². The minimum Gasteiger partial charge on any atom is -0.373 e. The highest BCUT2D eigenvalue weighted by Crippen LogP contribution is 2.31. The van der Waals surface area contributed by atoms with E-state index in [9.17, 15) is 9.59 Å². The second-order valence-electron chi connectivity index (χ2n) is 7.93. The Morgan fingerprint density at radius 2 is 2.00 bits per heavy atom. The Balaban J connectivity index is 1.52. The summed E-state index contributed by atoms with van der Waals surface area (Å²) in [4.78, 5) is 25.8. The summed E-state index contributed by atoms with van der Waals surface area (Å²) in [6.07, 6.45) is 4.37. The van der Waals surface area contributed by atoms with Gasteiger partial charge in [0.2, 0.25) is 0 Å². The van der Waals surface area contributed by atoms with Crippen LogP contribution in [0.2, 0.25) is 0 Å². The summed E-state index contributed by atoms with van der Waals surface area (Å²) in [7, 11) is 0. The first-order valence-electron chi connectivity index (χ1n) is 10.6. The molecule has 1 aliphatic heterocycles. The van der Waals surface area contributed by atoms with Crippen LogP contribution in [-0.2, 0) is 17.9 Å². The Morgan fingerprint density at radius 1 is 1.21 bits per heavy atom. The normalized spacial score (nSPS) is 16.7. The highest BCUT2D eigenvalue weighted by Gasteiger charge is 2.27. The number of ether oxygens (including phenoxy) is 1. The van der Waals surface area contributed by atoms with Gasteiger partial charge in [0.15, 0.2) is 0 Å². The zero-order valence-electron chi connectivity index (χ0n) is 16.9. The van der Waals surface area contributed by atoms with Crippen LogP contribution in [0.3, 0.4) is 0 Å². The summed E-state index contributed by atoms with van der Waals surface area (Å²) in [5.41, 5.74) is 2.94. The summed E-state index contributed by atoms with van der Waals surface area (Å²) in [6, 6.07) is 11.6. The van der Waals surface area contributed by atoms with E-state index in [4.69, 9.17) is 4.74 Å². The topological polar surface area (TPSA) is 72.4 Å². The lowest BCUT2D eigenvalue weighted by molar-refractivity contribution is 0.0777. The van der Waals surface area contributed by atoms with E-state index in [1.165, 1.54) is 12.8 Å². The molecule has 1 fully saturated rings. The van der Waals surface area contributed by atoms with E-state index in [1.54, 1.807) is 6.07 Å². The molecule has 1 aromatic carbocycles. The molecule has 1 saturated carbocycles. The molecule has 1 aromatic heterocycles. The van der Waals surface area contributed by atoms with Crippen LogP contribution in [-0.4, -0.2) is 29.5 Å². The summed E-state index contributed by atoms with van der Waals surface area (Å²) in [5.74, 6) is 0.505. The van der Waals surface area contributed by atoms with Crippen molar-refractivity contribution >= 4 is 11.8 Å². The molecule has 4 rings (SSSR count). The molecule has 0 radical (unpaired) electrons. The van der Waals surface area contributed by atoms with E-state index in [0.29, 0.717) is 37.6 Å². The van der Waals surface area contributed by atoms with Gasteiger partial charge in [-0.15, -0.1) is 0 Å². The number of amides is 2. The number of hydrogen-bond acceptors (Lipinski definition) is 3. The van der Waals surface area contributed by atoms with Gasteiger partial charge in [-0.05, 0) is 30.4 Å². The lowest BCUT2D eigenvalue weighted by Crippen LogP contribution is -2.30. The molecule has 1 atom stereocenters. The largest absolute Gasteiger partial charge is 0.373 e. The Labute approximate surface area is 171 Å². The molecular formula is C23H29N3O3. The SMILES string of the molecule is CCC(NC(=O)c1cc(C(=O)NCCC2CC2)n2c1COCC2)c1ccccc1. The van der Waals surface area contributed by atoms with Crippen molar-refractivity contribution in [3.63, 3.8) is 0 Å². The first-order valence-corrected chi connectivity index (χ1v) is 10.6. The third-order valence-electron chi connectivity index (χ3n) is 5.83. The quantitative estimate of drug-likeness (QED) is 0.719. The molecule has 1 unspecified atom stereocenters. The molecule has 2 amide bonds. The second kappa shape index (κ2) is 8.82. The first kappa shape index (κ1) is 19.7. The molecule has 2 aliphatic rings. The van der Waals surface area contributed by atoms with Gasteiger partial charge in [-0.2, -0.15) is 0 Å². The fourth-order valence-electron chi connectivity index (χ4n) is 3.94. The summed E-state index contributed by atoms with van der Waals surface area (Å²) in [6.45, 7) is 4.22. The van der Waals surface area contributed by atoms with Gasteiger partial charge in [-0.25, -0.2) is 0 Å². The van der Waals surface area contributed by atoms with E-state index in [1.807, 2.05) is 34.9 Å². The summed E-state index contributed by atoms with van der Waals surface area (Å²) >= 11 is 0. The molecule has 0 spiro atoms. The number of hydrogen-bond donors (Lipinski definition) is 2. The lowest BCUT2D eigenvalue weighted by Gasteiger charge is -2.20. The predicted molar refractivity (Wildman–Crippen MR) is 111 cm³/mol. The number of benzene rings is 1. The third kappa shape index (κ3) is 4.53. The smallest absolute Gasteiger partial charge is 0.267 e. The molecule has 6 heteroatoms. The van der Waals surface area contributed by atoms with Gasteiger partial charge in [-0.1, -0.05) is 50.1 Å². The maximum atomic E-state index is 13.1. The number of nitrogens with one attached hydrogen (secondary N) is 2.